The van der Waals surface area contributed by atoms with Crippen molar-refractivity contribution in [3.63, 3.8) is 0 Å². The van der Waals surface area contributed by atoms with E-state index in [1.54, 1.807) is 12.5 Å². The Hall–Kier alpha value is -1.61. The fourth-order valence-corrected chi connectivity index (χ4v) is 3.26. The molecule has 1 fully saturated rings. The van der Waals surface area contributed by atoms with Crippen molar-refractivity contribution in [2.24, 2.45) is 0 Å². The summed E-state index contributed by atoms with van der Waals surface area (Å²) in [5.41, 5.74) is 1.53. The van der Waals surface area contributed by atoms with Crippen molar-refractivity contribution in [2.45, 2.75) is 25.2 Å². The standard InChI is InChI=1S/C16H18ClN3/c1-16(13-6-3-2-4-7-13)8-5-9-20(11-16)15-14(17)10-18-12-19-15/h2-4,6-7,10,12H,5,8-9,11H2,1H3. The number of benzene rings is 1. The lowest BCUT2D eigenvalue weighted by Crippen LogP contribution is -2.44. The molecule has 104 valence electrons. The van der Waals surface area contributed by atoms with Crippen molar-refractivity contribution < 1.29 is 0 Å². The third kappa shape index (κ3) is 2.50. The Bertz CT molecular complexity index is 587. The summed E-state index contributed by atoms with van der Waals surface area (Å²) in [7, 11) is 0. The van der Waals surface area contributed by atoms with Crippen LogP contribution in [0, 0.1) is 0 Å². The van der Waals surface area contributed by atoms with Gasteiger partial charge >= 0.3 is 0 Å². The molecule has 4 heteroatoms. The molecule has 0 amide bonds. The predicted octanol–water partition coefficient (Wildman–Crippen LogP) is 3.69. The molecule has 1 aromatic heterocycles. The summed E-state index contributed by atoms with van der Waals surface area (Å²) in [6, 6.07) is 10.7. The van der Waals surface area contributed by atoms with Gasteiger partial charge in [-0.15, -0.1) is 0 Å². The van der Waals surface area contributed by atoms with Crippen molar-refractivity contribution in [1.29, 1.82) is 0 Å². The van der Waals surface area contributed by atoms with Gasteiger partial charge in [0.1, 0.15) is 11.3 Å². The third-order valence-corrected chi connectivity index (χ3v) is 4.38. The van der Waals surface area contributed by atoms with Gasteiger partial charge in [-0.1, -0.05) is 48.9 Å². The Morgan fingerprint density at radius 3 is 2.80 bits per heavy atom. The van der Waals surface area contributed by atoms with Crippen LogP contribution in [-0.4, -0.2) is 23.1 Å². The average molecular weight is 288 g/mol. The highest BCUT2D eigenvalue weighted by molar-refractivity contribution is 6.32. The van der Waals surface area contributed by atoms with Crippen LogP contribution in [0.1, 0.15) is 25.3 Å². The molecule has 1 aromatic carbocycles. The second-order valence-electron chi connectivity index (χ2n) is 5.65. The zero-order valence-electron chi connectivity index (χ0n) is 11.6. The summed E-state index contributed by atoms with van der Waals surface area (Å²) in [6.45, 7) is 4.26. The molecule has 0 radical (unpaired) electrons. The molecule has 3 nitrogen and oxygen atoms in total. The highest BCUT2D eigenvalue weighted by atomic mass is 35.5. The first-order valence-electron chi connectivity index (χ1n) is 6.95. The SMILES string of the molecule is CC1(c2ccccc2)CCCN(c2ncncc2Cl)C1. The summed E-state index contributed by atoms with van der Waals surface area (Å²) in [5.74, 6) is 0.850. The van der Waals surface area contributed by atoms with E-state index in [0.717, 1.165) is 25.3 Å². The summed E-state index contributed by atoms with van der Waals surface area (Å²) in [6.07, 6.45) is 5.57. The number of piperidine rings is 1. The molecule has 0 aliphatic carbocycles. The van der Waals surface area contributed by atoms with E-state index in [0.29, 0.717) is 5.02 Å². The van der Waals surface area contributed by atoms with Gasteiger partial charge in [0.25, 0.3) is 0 Å². The van der Waals surface area contributed by atoms with Gasteiger partial charge in [-0.2, -0.15) is 0 Å². The van der Waals surface area contributed by atoms with Crippen LogP contribution >= 0.6 is 11.6 Å². The van der Waals surface area contributed by atoms with E-state index in [-0.39, 0.29) is 5.41 Å². The highest BCUT2D eigenvalue weighted by Crippen LogP contribution is 2.36. The molecule has 0 spiro atoms. The van der Waals surface area contributed by atoms with E-state index in [1.165, 1.54) is 12.0 Å². The van der Waals surface area contributed by atoms with Crippen LogP contribution in [0.3, 0.4) is 0 Å². The minimum atomic E-state index is 0.147. The van der Waals surface area contributed by atoms with Crippen LogP contribution in [0.25, 0.3) is 0 Å². The third-order valence-electron chi connectivity index (χ3n) is 4.11. The highest BCUT2D eigenvalue weighted by Gasteiger charge is 2.33. The monoisotopic (exact) mass is 287 g/mol. The first-order valence-corrected chi connectivity index (χ1v) is 7.33. The number of aromatic nitrogens is 2. The second kappa shape index (κ2) is 5.41. The van der Waals surface area contributed by atoms with Crippen molar-refractivity contribution in [1.82, 2.24) is 9.97 Å². The van der Waals surface area contributed by atoms with Gasteiger partial charge in [0.2, 0.25) is 0 Å². The second-order valence-corrected chi connectivity index (χ2v) is 6.05. The smallest absolute Gasteiger partial charge is 0.150 e. The van der Waals surface area contributed by atoms with E-state index < -0.39 is 0 Å². The Balaban J connectivity index is 1.89. The Kier molecular flexibility index (Phi) is 3.62. The molecule has 1 aliphatic rings. The maximum atomic E-state index is 6.23. The maximum absolute atomic E-state index is 6.23. The largest absolute Gasteiger partial charge is 0.354 e. The molecule has 1 saturated heterocycles. The van der Waals surface area contributed by atoms with Gasteiger partial charge in [-0.25, -0.2) is 9.97 Å². The summed E-state index contributed by atoms with van der Waals surface area (Å²) >= 11 is 6.23. The predicted molar refractivity (Wildman–Crippen MR) is 82.3 cm³/mol. The number of rotatable bonds is 2. The molecular weight excluding hydrogens is 270 g/mol. The molecule has 20 heavy (non-hydrogen) atoms. The minimum absolute atomic E-state index is 0.147. The van der Waals surface area contributed by atoms with Gasteiger partial charge < -0.3 is 4.90 Å². The van der Waals surface area contributed by atoms with Crippen LogP contribution < -0.4 is 4.90 Å². The minimum Gasteiger partial charge on any atom is -0.354 e. The van der Waals surface area contributed by atoms with Crippen LogP contribution in [0.2, 0.25) is 5.02 Å². The maximum Gasteiger partial charge on any atom is 0.150 e. The van der Waals surface area contributed by atoms with Crippen molar-refractivity contribution in [3.8, 4) is 0 Å². The normalized spacial score (nSPS) is 22.8. The molecular formula is C16H18ClN3. The fourth-order valence-electron chi connectivity index (χ4n) is 3.04. The summed E-state index contributed by atoms with van der Waals surface area (Å²) < 4.78 is 0. The Morgan fingerprint density at radius 2 is 2.05 bits per heavy atom. The molecule has 2 aromatic rings. The number of halogens is 1. The lowest BCUT2D eigenvalue weighted by Gasteiger charge is -2.41. The molecule has 0 saturated carbocycles. The number of nitrogens with zero attached hydrogens (tertiary/aromatic N) is 3. The fraction of sp³-hybridized carbons (Fsp3) is 0.375. The summed E-state index contributed by atoms with van der Waals surface area (Å²) in [5, 5.41) is 0.629. The lowest BCUT2D eigenvalue weighted by molar-refractivity contribution is 0.372. The molecule has 1 aliphatic heterocycles. The quantitative estimate of drug-likeness (QED) is 0.843. The zero-order valence-corrected chi connectivity index (χ0v) is 12.3. The number of anilines is 1. The van der Waals surface area contributed by atoms with Crippen LogP contribution in [0.5, 0.6) is 0 Å². The van der Waals surface area contributed by atoms with Crippen molar-refractivity contribution in [3.05, 3.63) is 53.4 Å². The van der Waals surface area contributed by atoms with Crippen LogP contribution in [-0.2, 0) is 5.41 Å². The first kappa shape index (κ1) is 13.4. The average Bonchev–Trinajstić information content (AvgIpc) is 2.49. The molecule has 0 bridgehead atoms. The van der Waals surface area contributed by atoms with Crippen molar-refractivity contribution in [2.75, 3.05) is 18.0 Å². The molecule has 1 unspecified atom stereocenters. The topological polar surface area (TPSA) is 29.0 Å². The Labute approximate surface area is 124 Å². The number of hydrogen-bond acceptors (Lipinski definition) is 3. The van der Waals surface area contributed by atoms with Gasteiger partial charge in [0.05, 0.1) is 6.20 Å². The van der Waals surface area contributed by atoms with Gasteiger partial charge in [-0.05, 0) is 18.4 Å². The van der Waals surface area contributed by atoms with Gasteiger partial charge in [0, 0.05) is 18.5 Å². The van der Waals surface area contributed by atoms with E-state index in [9.17, 15) is 0 Å². The van der Waals surface area contributed by atoms with Gasteiger partial charge in [0.15, 0.2) is 5.82 Å². The molecule has 0 N–H and O–H groups in total. The number of hydrogen-bond donors (Lipinski definition) is 0. The van der Waals surface area contributed by atoms with E-state index in [1.807, 2.05) is 0 Å². The first-order chi connectivity index (χ1) is 9.69. The molecule has 1 atom stereocenters. The lowest BCUT2D eigenvalue weighted by atomic mass is 9.76. The van der Waals surface area contributed by atoms with Gasteiger partial charge in [-0.3, -0.25) is 0 Å². The van der Waals surface area contributed by atoms with Crippen LogP contribution in [0.4, 0.5) is 5.82 Å². The zero-order chi connectivity index (χ0) is 14.0. The van der Waals surface area contributed by atoms with E-state index in [4.69, 9.17) is 11.6 Å². The summed E-state index contributed by atoms with van der Waals surface area (Å²) in [4.78, 5) is 10.6. The molecule has 3 rings (SSSR count). The van der Waals surface area contributed by atoms with Crippen LogP contribution in [0.15, 0.2) is 42.9 Å². The molecule has 2 heterocycles. The van der Waals surface area contributed by atoms with E-state index >= 15 is 0 Å². The Morgan fingerprint density at radius 1 is 1.25 bits per heavy atom. The van der Waals surface area contributed by atoms with Crippen molar-refractivity contribution >= 4 is 17.4 Å². The van der Waals surface area contributed by atoms with E-state index in [2.05, 4.69) is 52.1 Å².